The van der Waals surface area contributed by atoms with E-state index in [0.29, 0.717) is 10.9 Å². The van der Waals surface area contributed by atoms with E-state index in [9.17, 15) is 8.42 Å². The monoisotopic (exact) mass is 372 g/mol. The van der Waals surface area contributed by atoms with Gasteiger partial charge in [-0.25, -0.2) is 8.42 Å². The third-order valence-corrected chi connectivity index (χ3v) is 6.37. The quantitative estimate of drug-likeness (QED) is 0.820. The highest BCUT2D eigenvalue weighted by atomic mass is 32.2. The molecule has 1 atom stereocenters. The van der Waals surface area contributed by atoms with E-state index >= 15 is 0 Å². The van der Waals surface area contributed by atoms with Gasteiger partial charge in [-0.05, 0) is 44.0 Å². The van der Waals surface area contributed by atoms with E-state index in [4.69, 9.17) is 0 Å². The van der Waals surface area contributed by atoms with Crippen LogP contribution in [0, 0.1) is 0 Å². The van der Waals surface area contributed by atoms with Crippen LogP contribution in [0.1, 0.15) is 19.8 Å². The van der Waals surface area contributed by atoms with E-state index in [1.165, 1.54) is 19.1 Å². The van der Waals surface area contributed by atoms with Crippen molar-refractivity contribution in [3.05, 3.63) is 36.4 Å². The maximum absolute atomic E-state index is 11.6. The minimum Gasteiger partial charge on any atom is -0.350 e. The fraction of sp³-hybridized carbons (Fsp3) is 0.474. The molecule has 2 aromatic rings. The molecular weight excluding hydrogens is 348 g/mol. The standard InChI is InChI=1S/C19H24N4O2S/c1-14-13-22(16-5-6-16)11-12-23(14)19-10-9-18(20-21-19)15-3-7-17(8-4-15)26(2,24)25/h3-4,7-10,14,16H,5-6,11-13H2,1-2H3. The maximum atomic E-state index is 11.6. The summed E-state index contributed by atoms with van der Waals surface area (Å²) in [6.07, 6.45) is 3.90. The second kappa shape index (κ2) is 6.63. The van der Waals surface area contributed by atoms with E-state index in [2.05, 4.69) is 26.9 Å². The molecule has 0 N–H and O–H groups in total. The van der Waals surface area contributed by atoms with Crippen molar-refractivity contribution in [2.75, 3.05) is 30.8 Å². The normalized spacial score (nSPS) is 21.8. The average molecular weight is 372 g/mol. The van der Waals surface area contributed by atoms with Gasteiger partial charge in [0.1, 0.15) is 0 Å². The van der Waals surface area contributed by atoms with Crippen LogP contribution in [0.25, 0.3) is 11.3 Å². The molecular formula is C19H24N4O2S. The first-order valence-electron chi connectivity index (χ1n) is 9.07. The molecule has 1 aromatic heterocycles. The van der Waals surface area contributed by atoms with Crippen molar-refractivity contribution in [3.63, 3.8) is 0 Å². The van der Waals surface area contributed by atoms with E-state index in [0.717, 1.165) is 42.8 Å². The summed E-state index contributed by atoms with van der Waals surface area (Å²) in [7, 11) is -3.18. The number of anilines is 1. The summed E-state index contributed by atoms with van der Waals surface area (Å²) in [5.41, 5.74) is 1.61. The lowest BCUT2D eigenvalue weighted by Gasteiger charge is -2.40. The van der Waals surface area contributed by atoms with Crippen molar-refractivity contribution >= 4 is 15.7 Å². The van der Waals surface area contributed by atoms with Gasteiger partial charge in [0.25, 0.3) is 0 Å². The van der Waals surface area contributed by atoms with Crippen LogP contribution in [0.3, 0.4) is 0 Å². The van der Waals surface area contributed by atoms with Crippen molar-refractivity contribution in [1.82, 2.24) is 15.1 Å². The van der Waals surface area contributed by atoms with Gasteiger partial charge in [0.2, 0.25) is 0 Å². The van der Waals surface area contributed by atoms with E-state index in [1.54, 1.807) is 24.3 Å². The summed E-state index contributed by atoms with van der Waals surface area (Å²) in [4.78, 5) is 5.22. The number of aromatic nitrogens is 2. The number of rotatable bonds is 4. The Kier molecular flexibility index (Phi) is 4.44. The van der Waals surface area contributed by atoms with Crippen LogP contribution in [0.15, 0.2) is 41.3 Å². The minimum atomic E-state index is -3.18. The first-order valence-corrected chi connectivity index (χ1v) is 11.0. The molecule has 26 heavy (non-hydrogen) atoms. The summed E-state index contributed by atoms with van der Waals surface area (Å²) in [5.74, 6) is 0.907. The molecule has 2 heterocycles. The molecule has 0 spiro atoms. The van der Waals surface area contributed by atoms with Crippen molar-refractivity contribution in [3.8, 4) is 11.3 Å². The number of nitrogens with zero attached hydrogens (tertiary/aromatic N) is 4. The second-order valence-electron chi connectivity index (χ2n) is 7.34. The molecule has 1 aromatic carbocycles. The van der Waals surface area contributed by atoms with Gasteiger partial charge in [0.15, 0.2) is 15.7 Å². The predicted octanol–water partition coefficient (Wildman–Crippen LogP) is 2.22. The Hall–Kier alpha value is -1.99. The fourth-order valence-corrected chi connectivity index (χ4v) is 4.23. The van der Waals surface area contributed by atoms with Crippen LogP contribution < -0.4 is 4.90 Å². The summed E-state index contributed by atoms with van der Waals surface area (Å²) in [6.45, 7) is 5.40. The average Bonchev–Trinajstić information content (AvgIpc) is 3.46. The molecule has 2 aliphatic rings. The van der Waals surface area contributed by atoms with Gasteiger partial charge in [-0.1, -0.05) is 12.1 Å². The SMILES string of the molecule is CC1CN(C2CC2)CCN1c1ccc(-c2ccc(S(C)(=O)=O)cc2)nn1. The molecule has 0 bridgehead atoms. The number of piperazine rings is 1. The molecule has 138 valence electrons. The van der Waals surface area contributed by atoms with Gasteiger partial charge >= 0.3 is 0 Å². The van der Waals surface area contributed by atoms with Crippen LogP contribution in [-0.2, 0) is 9.84 Å². The highest BCUT2D eigenvalue weighted by Gasteiger charge is 2.34. The predicted molar refractivity (Wildman–Crippen MR) is 102 cm³/mol. The zero-order chi connectivity index (χ0) is 18.3. The number of sulfone groups is 1. The zero-order valence-corrected chi connectivity index (χ0v) is 16.0. The van der Waals surface area contributed by atoms with Crippen LogP contribution in [0.4, 0.5) is 5.82 Å². The van der Waals surface area contributed by atoms with Gasteiger partial charge in [-0.3, -0.25) is 4.90 Å². The third-order valence-electron chi connectivity index (χ3n) is 5.25. The minimum absolute atomic E-state index is 0.313. The Labute approximate surface area is 154 Å². The lowest BCUT2D eigenvalue weighted by Crippen LogP contribution is -2.52. The Morgan fingerprint density at radius 1 is 1.00 bits per heavy atom. The van der Waals surface area contributed by atoms with E-state index < -0.39 is 9.84 Å². The smallest absolute Gasteiger partial charge is 0.175 e. The summed E-state index contributed by atoms with van der Waals surface area (Å²) in [5, 5.41) is 8.79. The molecule has 1 saturated carbocycles. The number of benzene rings is 1. The highest BCUT2D eigenvalue weighted by Crippen LogP contribution is 2.30. The van der Waals surface area contributed by atoms with Gasteiger partial charge in [-0.2, -0.15) is 0 Å². The van der Waals surface area contributed by atoms with E-state index in [-0.39, 0.29) is 0 Å². The summed E-state index contributed by atoms with van der Waals surface area (Å²) in [6, 6.07) is 12.0. The highest BCUT2D eigenvalue weighted by molar-refractivity contribution is 7.90. The largest absolute Gasteiger partial charge is 0.350 e. The van der Waals surface area contributed by atoms with Gasteiger partial charge in [-0.15, -0.1) is 10.2 Å². The van der Waals surface area contributed by atoms with Crippen molar-refractivity contribution in [1.29, 1.82) is 0 Å². The maximum Gasteiger partial charge on any atom is 0.175 e. The Morgan fingerprint density at radius 2 is 1.73 bits per heavy atom. The third kappa shape index (κ3) is 3.59. The summed E-state index contributed by atoms with van der Waals surface area (Å²) < 4.78 is 23.1. The molecule has 1 aliphatic heterocycles. The second-order valence-corrected chi connectivity index (χ2v) is 9.36. The van der Waals surface area contributed by atoms with Crippen LogP contribution in [-0.4, -0.2) is 61.5 Å². The molecule has 4 rings (SSSR count). The van der Waals surface area contributed by atoms with Gasteiger partial charge in [0.05, 0.1) is 10.6 Å². The molecule has 7 heteroatoms. The fourth-order valence-electron chi connectivity index (χ4n) is 3.60. The molecule has 0 amide bonds. The molecule has 6 nitrogen and oxygen atoms in total. The first kappa shape index (κ1) is 17.4. The van der Waals surface area contributed by atoms with Crippen molar-refractivity contribution in [2.45, 2.75) is 36.7 Å². The van der Waals surface area contributed by atoms with Gasteiger partial charge in [0, 0.05) is 43.5 Å². The van der Waals surface area contributed by atoms with Crippen LogP contribution in [0.5, 0.6) is 0 Å². The zero-order valence-electron chi connectivity index (χ0n) is 15.2. The Bertz CT molecular complexity index is 877. The van der Waals surface area contributed by atoms with Gasteiger partial charge < -0.3 is 4.90 Å². The van der Waals surface area contributed by atoms with Crippen molar-refractivity contribution < 1.29 is 8.42 Å². The number of hydrogen-bond acceptors (Lipinski definition) is 6. The van der Waals surface area contributed by atoms with E-state index in [1.807, 2.05) is 12.1 Å². The Morgan fingerprint density at radius 3 is 2.27 bits per heavy atom. The van der Waals surface area contributed by atoms with Crippen LogP contribution >= 0.6 is 0 Å². The lowest BCUT2D eigenvalue weighted by molar-refractivity contribution is 0.219. The topological polar surface area (TPSA) is 66.4 Å². The molecule has 0 radical (unpaired) electrons. The molecule has 1 aliphatic carbocycles. The van der Waals surface area contributed by atoms with Crippen molar-refractivity contribution in [2.24, 2.45) is 0 Å². The number of hydrogen-bond donors (Lipinski definition) is 0. The molecule has 1 unspecified atom stereocenters. The van der Waals surface area contributed by atoms with Crippen LogP contribution in [0.2, 0.25) is 0 Å². The first-order chi connectivity index (χ1) is 12.4. The Balaban J connectivity index is 1.48. The summed E-state index contributed by atoms with van der Waals surface area (Å²) >= 11 is 0. The molecule has 1 saturated heterocycles. The molecule has 2 fully saturated rings. The lowest BCUT2D eigenvalue weighted by atomic mass is 10.1.